The third-order valence-corrected chi connectivity index (χ3v) is 4.09. The second kappa shape index (κ2) is 6.28. The molecule has 0 fully saturated rings. The van der Waals surface area contributed by atoms with E-state index >= 15 is 0 Å². The number of aromatic nitrogens is 3. The van der Waals surface area contributed by atoms with Crippen LogP contribution in [0.3, 0.4) is 0 Å². The summed E-state index contributed by atoms with van der Waals surface area (Å²) in [5.74, 6) is 0.870. The number of hydrogen-bond donors (Lipinski definition) is 1. The fourth-order valence-corrected chi connectivity index (χ4v) is 3.08. The van der Waals surface area contributed by atoms with Crippen LogP contribution < -0.4 is 5.32 Å². The van der Waals surface area contributed by atoms with Crippen molar-refractivity contribution in [1.82, 2.24) is 15.0 Å². The number of anilines is 1. The van der Waals surface area contributed by atoms with Crippen LogP contribution in [0.25, 0.3) is 11.0 Å². The van der Waals surface area contributed by atoms with E-state index in [1.807, 2.05) is 12.1 Å². The van der Waals surface area contributed by atoms with Gasteiger partial charge in [0.1, 0.15) is 12.1 Å². The number of halogens is 1. The van der Waals surface area contributed by atoms with E-state index in [1.54, 1.807) is 12.5 Å². The van der Waals surface area contributed by atoms with Gasteiger partial charge in [0.15, 0.2) is 5.65 Å². The number of nitrogens with one attached hydrogen (secondary N) is 1. The van der Waals surface area contributed by atoms with E-state index in [4.69, 9.17) is 0 Å². The third kappa shape index (κ3) is 2.62. The van der Waals surface area contributed by atoms with E-state index < -0.39 is 0 Å². The lowest BCUT2D eigenvalue weighted by atomic mass is 9.88. The molecule has 0 saturated heterocycles. The molecule has 0 amide bonds. The summed E-state index contributed by atoms with van der Waals surface area (Å²) < 4.78 is 0. The highest BCUT2D eigenvalue weighted by molar-refractivity contribution is 5.86. The number of rotatable bonds is 2. The van der Waals surface area contributed by atoms with Gasteiger partial charge in [0.05, 0.1) is 11.4 Å². The van der Waals surface area contributed by atoms with Crippen molar-refractivity contribution in [2.45, 2.75) is 25.3 Å². The topological polar surface area (TPSA) is 50.7 Å². The molecule has 4 rings (SSSR count). The van der Waals surface area contributed by atoms with Crippen molar-refractivity contribution >= 4 is 29.3 Å². The highest BCUT2D eigenvalue weighted by Gasteiger charge is 2.20. The van der Waals surface area contributed by atoms with Crippen LogP contribution in [0.4, 0.5) is 5.82 Å². The molecule has 0 saturated carbocycles. The zero-order valence-electron chi connectivity index (χ0n) is 12.1. The smallest absolute Gasteiger partial charge is 0.164 e. The molecule has 1 atom stereocenters. The van der Waals surface area contributed by atoms with Crippen molar-refractivity contribution in [3.63, 3.8) is 0 Å². The van der Waals surface area contributed by atoms with E-state index in [1.165, 1.54) is 24.0 Å². The van der Waals surface area contributed by atoms with Crippen LogP contribution in [0.2, 0.25) is 0 Å². The van der Waals surface area contributed by atoms with Crippen molar-refractivity contribution < 1.29 is 0 Å². The minimum absolute atomic E-state index is 0. The molecule has 0 radical (unpaired) electrons. The van der Waals surface area contributed by atoms with Crippen LogP contribution in [0.1, 0.15) is 30.0 Å². The first-order valence-corrected chi connectivity index (χ1v) is 7.32. The third-order valence-electron chi connectivity index (χ3n) is 4.09. The molecule has 0 spiro atoms. The van der Waals surface area contributed by atoms with Crippen LogP contribution >= 0.6 is 12.4 Å². The summed E-state index contributed by atoms with van der Waals surface area (Å²) >= 11 is 0. The Morgan fingerprint density at radius 2 is 1.91 bits per heavy atom. The molecule has 22 heavy (non-hydrogen) atoms. The van der Waals surface area contributed by atoms with Crippen molar-refractivity contribution in [2.24, 2.45) is 0 Å². The Morgan fingerprint density at radius 3 is 2.86 bits per heavy atom. The van der Waals surface area contributed by atoms with Gasteiger partial charge in [-0.05, 0) is 42.5 Å². The molecule has 1 aromatic carbocycles. The summed E-state index contributed by atoms with van der Waals surface area (Å²) in [6, 6.07) is 12.9. The minimum Gasteiger partial charge on any atom is -0.363 e. The summed E-state index contributed by atoms with van der Waals surface area (Å²) in [7, 11) is 0. The Balaban J connectivity index is 0.00000144. The average molecular weight is 313 g/mol. The molecule has 1 aliphatic carbocycles. The Bertz CT molecular complexity index is 785. The first kappa shape index (κ1) is 14.7. The lowest BCUT2D eigenvalue weighted by Crippen LogP contribution is -2.18. The van der Waals surface area contributed by atoms with Crippen molar-refractivity contribution in [2.75, 3.05) is 5.32 Å². The highest BCUT2D eigenvalue weighted by atomic mass is 35.5. The van der Waals surface area contributed by atoms with Gasteiger partial charge in [-0.2, -0.15) is 0 Å². The molecule has 5 heteroatoms. The minimum atomic E-state index is 0. The zero-order chi connectivity index (χ0) is 14.1. The first-order chi connectivity index (χ1) is 10.4. The molecule has 3 aromatic rings. The molecule has 112 valence electrons. The van der Waals surface area contributed by atoms with E-state index in [0.29, 0.717) is 6.04 Å². The predicted molar refractivity (Wildman–Crippen MR) is 90.3 cm³/mol. The molecule has 0 aliphatic heterocycles. The molecule has 2 heterocycles. The normalized spacial score (nSPS) is 16.6. The molecule has 1 aliphatic rings. The van der Waals surface area contributed by atoms with Gasteiger partial charge >= 0.3 is 0 Å². The van der Waals surface area contributed by atoms with Gasteiger partial charge in [0.25, 0.3) is 0 Å². The highest BCUT2D eigenvalue weighted by Crippen LogP contribution is 2.33. The molecule has 0 bridgehead atoms. The maximum absolute atomic E-state index is 4.41. The van der Waals surface area contributed by atoms with E-state index in [-0.39, 0.29) is 12.4 Å². The SMILES string of the molecule is Cl.c1ccc2c(c1)CCCC2Nc1ncnc2ncccc12. The van der Waals surface area contributed by atoms with Crippen molar-refractivity contribution in [3.05, 3.63) is 60.0 Å². The van der Waals surface area contributed by atoms with E-state index in [9.17, 15) is 0 Å². The van der Waals surface area contributed by atoms with Crippen LogP contribution in [0, 0.1) is 0 Å². The number of aryl methyl sites for hydroxylation is 1. The fraction of sp³-hybridized carbons (Fsp3) is 0.235. The number of nitrogens with zero attached hydrogens (tertiary/aromatic N) is 3. The standard InChI is InChI=1S/C17H16N4.ClH/c1-2-7-13-12(5-1)6-3-9-15(13)21-17-14-8-4-10-18-16(14)19-11-20-17;/h1-2,4-5,7-8,10-11,15H,3,6,9H2,(H,18,19,20,21);1H. The molecule has 1 unspecified atom stereocenters. The largest absolute Gasteiger partial charge is 0.363 e. The zero-order valence-corrected chi connectivity index (χ0v) is 12.9. The van der Waals surface area contributed by atoms with Crippen LogP contribution in [-0.4, -0.2) is 15.0 Å². The summed E-state index contributed by atoms with van der Waals surface area (Å²) in [6.07, 6.45) is 6.83. The second-order valence-electron chi connectivity index (χ2n) is 5.38. The fourth-order valence-electron chi connectivity index (χ4n) is 3.08. The van der Waals surface area contributed by atoms with Crippen molar-refractivity contribution in [3.8, 4) is 0 Å². The van der Waals surface area contributed by atoms with E-state index in [2.05, 4.69) is 44.5 Å². The molecule has 2 aromatic heterocycles. The summed E-state index contributed by atoms with van der Waals surface area (Å²) in [4.78, 5) is 12.9. The number of hydrogen-bond acceptors (Lipinski definition) is 4. The van der Waals surface area contributed by atoms with Crippen LogP contribution in [-0.2, 0) is 6.42 Å². The van der Waals surface area contributed by atoms with Gasteiger partial charge in [0.2, 0.25) is 0 Å². The number of benzene rings is 1. The van der Waals surface area contributed by atoms with Gasteiger partial charge in [-0.3, -0.25) is 0 Å². The Hall–Kier alpha value is -2.20. The average Bonchev–Trinajstić information content (AvgIpc) is 2.56. The summed E-state index contributed by atoms with van der Waals surface area (Å²) in [5.41, 5.74) is 3.57. The van der Waals surface area contributed by atoms with Gasteiger partial charge in [0, 0.05) is 6.20 Å². The van der Waals surface area contributed by atoms with Gasteiger partial charge in [-0.1, -0.05) is 24.3 Å². The van der Waals surface area contributed by atoms with Gasteiger partial charge < -0.3 is 5.32 Å². The van der Waals surface area contributed by atoms with Gasteiger partial charge in [-0.25, -0.2) is 15.0 Å². The maximum atomic E-state index is 4.41. The number of fused-ring (bicyclic) bond motifs is 2. The van der Waals surface area contributed by atoms with E-state index in [0.717, 1.165) is 23.3 Å². The Labute approximate surface area is 135 Å². The van der Waals surface area contributed by atoms with Crippen molar-refractivity contribution in [1.29, 1.82) is 0 Å². The molecule has 1 N–H and O–H groups in total. The lowest BCUT2D eigenvalue weighted by Gasteiger charge is -2.27. The maximum Gasteiger partial charge on any atom is 0.164 e. The van der Waals surface area contributed by atoms with Gasteiger partial charge in [-0.15, -0.1) is 12.4 Å². The Morgan fingerprint density at radius 1 is 1.00 bits per heavy atom. The lowest BCUT2D eigenvalue weighted by molar-refractivity contribution is 0.599. The monoisotopic (exact) mass is 312 g/mol. The van der Waals surface area contributed by atoms with Crippen LogP contribution in [0.15, 0.2) is 48.9 Å². The molecular weight excluding hydrogens is 296 g/mol. The first-order valence-electron chi connectivity index (χ1n) is 7.32. The Kier molecular flexibility index (Phi) is 4.20. The summed E-state index contributed by atoms with van der Waals surface area (Å²) in [6.45, 7) is 0. The summed E-state index contributed by atoms with van der Waals surface area (Å²) in [5, 5.41) is 4.56. The second-order valence-corrected chi connectivity index (χ2v) is 5.38. The quantitative estimate of drug-likeness (QED) is 0.779. The predicted octanol–water partition coefficient (Wildman–Crippen LogP) is 3.94. The molecular formula is C17H17ClN4. The molecule has 4 nitrogen and oxygen atoms in total. The van der Waals surface area contributed by atoms with Crippen LogP contribution in [0.5, 0.6) is 0 Å². The number of pyridine rings is 1.